The molecule has 6 nitrogen and oxygen atoms in total. The molecule has 3 N–H and O–H groups in total. The van der Waals surface area contributed by atoms with E-state index in [1.165, 1.54) is 11.3 Å². The highest BCUT2D eigenvalue weighted by molar-refractivity contribution is 7.13. The number of nitrogens with two attached hydrogens (primary N) is 1. The van der Waals surface area contributed by atoms with E-state index in [0.29, 0.717) is 4.88 Å². The van der Waals surface area contributed by atoms with E-state index in [0.717, 1.165) is 50.0 Å². The minimum atomic E-state index is -0.246. The monoisotopic (exact) mass is 298 g/mol. The molecule has 20 heavy (non-hydrogen) atoms. The molecule has 1 aliphatic rings. The molecule has 1 fully saturated rings. The van der Waals surface area contributed by atoms with Gasteiger partial charge >= 0.3 is 0 Å². The van der Waals surface area contributed by atoms with E-state index >= 15 is 0 Å². The number of ether oxygens (including phenoxy) is 1. The summed E-state index contributed by atoms with van der Waals surface area (Å²) >= 11 is 1.45. The van der Waals surface area contributed by atoms with Gasteiger partial charge in [-0.1, -0.05) is 13.8 Å². The van der Waals surface area contributed by atoms with Crippen molar-refractivity contribution in [3.63, 3.8) is 0 Å². The Morgan fingerprint density at radius 1 is 1.50 bits per heavy atom. The fourth-order valence-electron chi connectivity index (χ4n) is 2.18. The Kier molecular flexibility index (Phi) is 5.47. The van der Waals surface area contributed by atoms with Crippen LogP contribution in [0, 0.1) is 0 Å². The lowest BCUT2D eigenvalue weighted by Gasteiger charge is -2.25. The van der Waals surface area contributed by atoms with Crippen LogP contribution in [0.3, 0.4) is 0 Å². The topological polar surface area (TPSA) is 80.5 Å². The molecular formula is C13H22N4O2S. The summed E-state index contributed by atoms with van der Waals surface area (Å²) in [4.78, 5) is 19.4. The van der Waals surface area contributed by atoms with Gasteiger partial charge in [0.05, 0.1) is 23.9 Å². The number of hydrazine groups is 1. The van der Waals surface area contributed by atoms with Crippen molar-refractivity contribution < 1.29 is 9.53 Å². The number of nitrogens with one attached hydrogen (secondary N) is 1. The number of morpholine rings is 1. The van der Waals surface area contributed by atoms with Crippen molar-refractivity contribution in [2.24, 2.45) is 5.84 Å². The van der Waals surface area contributed by atoms with Gasteiger partial charge in [0, 0.05) is 26.1 Å². The molecule has 0 saturated carbocycles. The molecule has 112 valence electrons. The summed E-state index contributed by atoms with van der Waals surface area (Å²) in [5.74, 6) is 5.20. The first-order valence-corrected chi connectivity index (χ1v) is 7.74. The van der Waals surface area contributed by atoms with Crippen molar-refractivity contribution >= 4 is 17.2 Å². The van der Waals surface area contributed by atoms with E-state index in [4.69, 9.17) is 10.6 Å². The summed E-state index contributed by atoms with van der Waals surface area (Å²) in [6.07, 6.45) is 0.863. The molecule has 0 aromatic carbocycles. The first-order chi connectivity index (χ1) is 9.61. The average molecular weight is 298 g/mol. The molecule has 1 saturated heterocycles. The van der Waals surface area contributed by atoms with Gasteiger partial charge in [-0.25, -0.2) is 10.8 Å². The van der Waals surface area contributed by atoms with Gasteiger partial charge in [-0.3, -0.25) is 15.1 Å². The molecule has 1 amide bonds. The minimum absolute atomic E-state index is 0.218. The number of rotatable bonds is 5. The summed E-state index contributed by atoms with van der Waals surface area (Å²) in [6, 6.07) is 0. The van der Waals surface area contributed by atoms with Crippen molar-refractivity contribution in [2.75, 3.05) is 32.8 Å². The molecule has 0 unspecified atom stereocenters. The zero-order valence-corrected chi connectivity index (χ0v) is 12.8. The predicted molar refractivity (Wildman–Crippen MR) is 78.8 cm³/mol. The molecule has 1 aromatic heterocycles. The number of hydrogen-bond acceptors (Lipinski definition) is 6. The zero-order valence-electron chi connectivity index (χ0n) is 12.0. The molecule has 2 heterocycles. The second-order valence-electron chi connectivity index (χ2n) is 5.15. The summed E-state index contributed by atoms with van der Waals surface area (Å²) < 4.78 is 5.33. The molecule has 2 rings (SSSR count). The van der Waals surface area contributed by atoms with Crippen LogP contribution in [-0.2, 0) is 11.2 Å². The fourth-order valence-corrected chi connectivity index (χ4v) is 3.29. The van der Waals surface area contributed by atoms with E-state index < -0.39 is 0 Å². The maximum atomic E-state index is 11.8. The quantitative estimate of drug-likeness (QED) is 0.476. The van der Waals surface area contributed by atoms with Gasteiger partial charge in [-0.15, -0.1) is 11.3 Å². The Balaban J connectivity index is 2.02. The Bertz CT molecular complexity index is 455. The van der Waals surface area contributed by atoms with Crippen LogP contribution in [0.25, 0.3) is 0 Å². The third-order valence-electron chi connectivity index (χ3n) is 3.33. The standard InChI is InChI=1S/C13H22N4O2S/c1-9(2)11-12(13(18)16-14)20-10(15-11)3-4-17-5-7-19-8-6-17/h9H,3-8,14H2,1-2H3,(H,16,18). The first-order valence-electron chi connectivity index (χ1n) is 6.92. The third-order valence-corrected chi connectivity index (χ3v) is 4.46. The van der Waals surface area contributed by atoms with E-state index in [-0.39, 0.29) is 11.8 Å². The van der Waals surface area contributed by atoms with E-state index in [1.807, 2.05) is 13.8 Å². The molecule has 0 atom stereocenters. The van der Waals surface area contributed by atoms with Gasteiger partial charge in [0.2, 0.25) is 0 Å². The van der Waals surface area contributed by atoms with Crippen molar-refractivity contribution in [2.45, 2.75) is 26.2 Å². The lowest BCUT2D eigenvalue weighted by Crippen LogP contribution is -2.37. The summed E-state index contributed by atoms with van der Waals surface area (Å²) in [5, 5.41) is 0.999. The van der Waals surface area contributed by atoms with Crippen LogP contribution < -0.4 is 11.3 Å². The molecule has 0 radical (unpaired) electrons. The highest BCUT2D eigenvalue weighted by atomic mass is 32.1. The number of thiazole rings is 1. The van der Waals surface area contributed by atoms with Crippen LogP contribution >= 0.6 is 11.3 Å². The molecule has 1 aromatic rings. The highest BCUT2D eigenvalue weighted by Crippen LogP contribution is 2.25. The lowest BCUT2D eigenvalue weighted by atomic mass is 10.1. The number of nitrogens with zero attached hydrogens (tertiary/aromatic N) is 2. The van der Waals surface area contributed by atoms with Crippen molar-refractivity contribution in [1.29, 1.82) is 0 Å². The van der Waals surface area contributed by atoms with Gasteiger partial charge < -0.3 is 4.74 Å². The summed E-state index contributed by atoms with van der Waals surface area (Å²) in [5.41, 5.74) is 3.04. The van der Waals surface area contributed by atoms with Crippen LogP contribution in [-0.4, -0.2) is 48.6 Å². The normalized spacial score (nSPS) is 16.6. The number of aromatic nitrogens is 1. The van der Waals surface area contributed by atoms with E-state index in [2.05, 4.69) is 15.3 Å². The van der Waals surface area contributed by atoms with E-state index in [1.54, 1.807) is 0 Å². The van der Waals surface area contributed by atoms with Gasteiger partial charge in [-0.05, 0) is 5.92 Å². The number of carbonyl (C=O) groups excluding carboxylic acids is 1. The average Bonchev–Trinajstić information content (AvgIpc) is 2.90. The maximum absolute atomic E-state index is 11.8. The highest BCUT2D eigenvalue weighted by Gasteiger charge is 2.20. The van der Waals surface area contributed by atoms with Gasteiger partial charge in [0.25, 0.3) is 5.91 Å². The first kappa shape index (κ1) is 15.4. The summed E-state index contributed by atoms with van der Waals surface area (Å²) in [6.45, 7) is 8.57. The third kappa shape index (κ3) is 3.76. The number of carbonyl (C=O) groups is 1. The van der Waals surface area contributed by atoms with Crippen LogP contribution in [0.2, 0.25) is 0 Å². The Labute approximate surface area is 123 Å². The van der Waals surface area contributed by atoms with Crippen molar-refractivity contribution in [3.05, 3.63) is 15.6 Å². The number of nitrogen functional groups attached to an aromatic ring is 1. The number of hydrogen-bond donors (Lipinski definition) is 2. The van der Waals surface area contributed by atoms with Crippen molar-refractivity contribution in [3.8, 4) is 0 Å². The van der Waals surface area contributed by atoms with Gasteiger partial charge in [0.15, 0.2) is 0 Å². The summed E-state index contributed by atoms with van der Waals surface area (Å²) in [7, 11) is 0. The Morgan fingerprint density at radius 2 is 2.20 bits per heavy atom. The van der Waals surface area contributed by atoms with E-state index in [9.17, 15) is 4.79 Å². The largest absolute Gasteiger partial charge is 0.379 e. The zero-order chi connectivity index (χ0) is 14.5. The molecular weight excluding hydrogens is 276 g/mol. The molecule has 0 aliphatic carbocycles. The van der Waals surface area contributed by atoms with Crippen LogP contribution in [0.5, 0.6) is 0 Å². The van der Waals surface area contributed by atoms with Crippen LogP contribution in [0.15, 0.2) is 0 Å². The smallest absolute Gasteiger partial charge is 0.277 e. The Hall–Kier alpha value is -1.02. The van der Waals surface area contributed by atoms with Gasteiger partial charge in [-0.2, -0.15) is 0 Å². The van der Waals surface area contributed by atoms with Crippen molar-refractivity contribution in [1.82, 2.24) is 15.3 Å². The second-order valence-corrected chi connectivity index (χ2v) is 6.24. The maximum Gasteiger partial charge on any atom is 0.277 e. The van der Waals surface area contributed by atoms with Crippen LogP contribution in [0.1, 0.15) is 40.1 Å². The molecule has 0 spiro atoms. The SMILES string of the molecule is CC(C)c1nc(CCN2CCOCC2)sc1C(=O)NN. The minimum Gasteiger partial charge on any atom is -0.379 e. The predicted octanol–water partition coefficient (Wildman–Crippen LogP) is 0.745. The number of amides is 1. The molecule has 1 aliphatic heterocycles. The second kappa shape index (κ2) is 7.12. The lowest BCUT2D eigenvalue weighted by molar-refractivity contribution is 0.0384. The molecule has 7 heteroatoms. The Morgan fingerprint density at radius 3 is 2.80 bits per heavy atom. The van der Waals surface area contributed by atoms with Gasteiger partial charge in [0.1, 0.15) is 4.88 Å². The van der Waals surface area contributed by atoms with Crippen LogP contribution in [0.4, 0.5) is 0 Å². The molecule has 0 bridgehead atoms. The fraction of sp³-hybridized carbons (Fsp3) is 0.692.